The monoisotopic (exact) mass is 406 g/mol. The van der Waals surface area contributed by atoms with Crippen molar-refractivity contribution < 1.29 is 28.8 Å². The molecule has 1 fully saturated rings. The van der Waals surface area contributed by atoms with Gasteiger partial charge in [-0.3, -0.25) is 9.59 Å². The van der Waals surface area contributed by atoms with Crippen LogP contribution in [0.4, 0.5) is 0 Å². The molecule has 2 rings (SSSR count). The van der Waals surface area contributed by atoms with E-state index in [4.69, 9.17) is 10.6 Å². The highest BCUT2D eigenvalue weighted by atomic mass is 16.7. The zero-order chi connectivity index (χ0) is 21.2. The van der Waals surface area contributed by atoms with Crippen LogP contribution in [0.3, 0.4) is 0 Å². The molecule has 0 saturated carbocycles. The number of benzene rings is 1. The fourth-order valence-electron chi connectivity index (χ4n) is 2.92. The Morgan fingerprint density at radius 2 is 1.93 bits per heavy atom. The van der Waals surface area contributed by atoms with E-state index in [1.165, 1.54) is 13.3 Å². The van der Waals surface area contributed by atoms with Crippen molar-refractivity contribution in [1.29, 1.82) is 0 Å². The van der Waals surface area contributed by atoms with E-state index in [-0.39, 0.29) is 24.5 Å². The number of likely N-dealkylation sites (tertiary alicyclic amines) is 1. The molecule has 0 radical (unpaired) electrons. The molecule has 158 valence electrons. The Hall–Kier alpha value is -2.98. The average molecular weight is 406 g/mol. The quantitative estimate of drug-likeness (QED) is 0.358. The minimum atomic E-state index is -0.665. The van der Waals surface area contributed by atoms with Crippen molar-refractivity contribution >= 4 is 24.0 Å². The first kappa shape index (κ1) is 22.3. The van der Waals surface area contributed by atoms with Crippen LogP contribution in [-0.2, 0) is 24.0 Å². The smallest absolute Gasteiger partial charge is 0.331 e. The minimum absolute atomic E-state index is 0.0882. The molecular formula is C19H26N4O6. The van der Waals surface area contributed by atoms with E-state index in [1.807, 2.05) is 0 Å². The number of oxime groups is 1. The maximum absolute atomic E-state index is 12.6. The van der Waals surface area contributed by atoms with E-state index in [0.29, 0.717) is 37.1 Å². The standard InChI is InChI=1S/C19H26N4O6/c1-13(22-18(25)15-5-3-14(4-6-15)11-21-29-20)19(26)23-9-7-16(8-10-23)28-12-17(24)27-2/h3-6,11,13,16H,7-10,12,20H2,1-2H3,(H,22,25)/t13-/m0/s1. The van der Waals surface area contributed by atoms with Gasteiger partial charge >= 0.3 is 5.97 Å². The van der Waals surface area contributed by atoms with Gasteiger partial charge in [0.25, 0.3) is 5.91 Å². The van der Waals surface area contributed by atoms with Crippen molar-refractivity contribution in [2.24, 2.45) is 11.1 Å². The van der Waals surface area contributed by atoms with Crippen LogP contribution in [0, 0.1) is 0 Å². The fraction of sp³-hybridized carbons (Fsp3) is 0.474. The molecule has 0 unspecified atom stereocenters. The number of hydrogen-bond acceptors (Lipinski definition) is 8. The Labute approximate surface area is 168 Å². The Kier molecular flexibility index (Phi) is 8.56. The molecular weight excluding hydrogens is 380 g/mol. The second kappa shape index (κ2) is 11.1. The van der Waals surface area contributed by atoms with Crippen LogP contribution in [0.25, 0.3) is 0 Å². The number of amides is 2. The second-order valence-electron chi connectivity index (χ2n) is 6.57. The SMILES string of the molecule is COC(=O)COC1CCN(C(=O)[C@H](C)NC(=O)c2ccc(C=NON)cc2)CC1. The highest BCUT2D eigenvalue weighted by Gasteiger charge is 2.27. The molecule has 10 nitrogen and oxygen atoms in total. The fourth-order valence-corrected chi connectivity index (χ4v) is 2.92. The predicted octanol–water partition coefficient (Wildman–Crippen LogP) is 0.210. The first-order chi connectivity index (χ1) is 13.9. The van der Waals surface area contributed by atoms with E-state index < -0.39 is 12.0 Å². The molecule has 10 heteroatoms. The summed E-state index contributed by atoms with van der Waals surface area (Å²) in [7, 11) is 1.31. The van der Waals surface area contributed by atoms with Gasteiger partial charge in [0.15, 0.2) is 0 Å². The minimum Gasteiger partial charge on any atom is -0.467 e. The first-order valence-corrected chi connectivity index (χ1v) is 9.22. The molecule has 0 aliphatic carbocycles. The lowest BCUT2D eigenvalue weighted by molar-refractivity contribution is -0.150. The van der Waals surface area contributed by atoms with Crippen LogP contribution >= 0.6 is 0 Å². The first-order valence-electron chi connectivity index (χ1n) is 9.22. The number of ether oxygens (including phenoxy) is 2. The summed E-state index contributed by atoms with van der Waals surface area (Å²) in [6.45, 7) is 2.56. The lowest BCUT2D eigenvalue weighted by Gasteiger charge is -2.33. The van der Waals surface area contributed by atoms with Gasteiger partial charge in [0.1, 0.15) is 12.6 Å². The molecule has 29 heavy (non-hydrogen) atoms. The summed E-state index contributed by atoms with van der Waals surface area (Å²) >= 11 is 0. The highest BCUT2D eigenvalue weighted by Crippen LogP contribution is 2.15. The number of nitrogens with one attached hydrogen (secondary N) is 1. The van der Waals surface area contributed by atoms with Crippen LogP contribution in [0.2, 0.25) is 0 Å². The van der Waals surface area contributed by atoms with Crippen LogP contribution in [0.15, 0.2) is 29.4 Å². The van der Waals surface area contributed by atoms with Gasteiger partial charge in [-0.1, -0.05) is 17.3 Å². The maximum Gasteiger partial charge on any atom is 0.331 e. The molecule has 0 bridgehead atoms. The van der Waals surface area contributed by atoms with Crippen LogP contribution in [0.1, 0.15) is 35.7 Å². The van der Waals surface area contributed by atoms with E-state index in [1.54, 1.807) is 36.1 Å². The Bertz CT molecular complexity index is 729. The number of rotatable bonds is 8. The van der Waals surface area contributed by atoms with Gasteiger partial charge in [-0.15, -0.1) is 5.90 Å². The summed E-state index contributed by atoms with van der Waals surface area (Å²) in [6, 6.07) is 5.94. The zero-order valence-electron chi connectivity index (χ0n) is 16.5. The van der Waals surface area contributed by atoms with E-state index in [2.05, 4.69) is 20.1 Å². The molecule has 1 aromatic rings. The molecule has 0 spiro atoms. The van der Waals surface area contributed by atoms with Crippen molar-refractivity contribution in [1.82, 2.24) is 10.2 Å². The molecule has 1 aliphatic rings. The molecule has 3 N–H and O–H groups in total. The molecule has 2 amide bonds. The third-order valence-corrected chi connectivity index (χ3v) is 4.57. The largest absolute Gasteiger partial charge is 0.467 e. The van der Waals surface area contributed by atoms with Gasteiger partial charge in [0, 0.05) is 18.7 Å². The molecule has 1 heterocycles. The summed E-state index contributed by atoms with van der Waals surface area (Å²) in [4.78, 5) is 41.9. The Morgan fingerprint density at radius 3 is 2.52 bits per heavy atom. The average Bonchev–Trinajstić information content (AvgIpc) is 2.76. The number of hydrogen-bond donors (Lipinski definition) is 2. The van der Waals surface area contributed by atoms with Crippen molar-refractivity contribution in [3.63, 3.8) is 0 Å². The van der Waals surface area contributed by atoms with Crippen LogP contribution in [-0.4, -0.2) is 67.9 Å². The van der Waals surface area contributed by atoms with Crippen LogP contribution in [0.5, 0.6) is 0 Å². The van der Waals surface area contributed by atoms with E-state index in [0.717, 1.165) is 0 Å². The highest BCUT2D eigenvalue weighted by molar-refractivity contribution is 5.98. The van der Waals surface area contributed by atoms with E-state index >= 15 is 0 Å². The maximum atomic E-state index is 12.6. The summed E-state index contributed by atoms with van der Waals surface area (Å²) in [6.07, 6.45) is 2.57. The topological polar surface area (TPSA) is 133 Å². The van der Waals surface area contributed by atoms with Gasteiger partial charge in [-0.25, -0.2) is 4.79 Å². The third kappa shape index (κ3) is 6.84. The number of nitrogens with zero attached hydrogens (tertiary/aromatic N) is 2. The normalized spacial score (nSPS) is 15.8. The van der Waals surface area contributed by atoms with Gasteiger partial charge in [-0.2, -0.15) is 0 Å². The zero-order valence-corrected chi connectivity index (χ0v) is 16.5. The van der Waals surface area contributed by atoms with Crippen molar-refractivity contribution in [2.45, 2.75) is 31.9 Å². The molecule has 1 atom stereocenters. The van der Waals surface area contributed by atoms with Crippen molar-refractivity contribution in [3.05, 3.63) is 35.4 Å². The van der Waals surface area contributed by atoms with Crippen molar-refractivity contribution in [3.8, 4) is 0 Å². The van der Waals surface area contributed by atoms with Gasteiger partial charge < -0.3 is 24.6 Å². The Morgan fingerprint density at radius 1 is 1.28 bits per heavy atom. The van der Waals surface area contributed by atoms with Gasteiger partial charge in [0.05, 0.1) is 19.4 Å². The number of methoxy groups -OCH3 is 1. The number of nitrogens with two attached hydrogens (primary N) is 1. The Balaban J connectivity index is 1.80. The molecule has 0 aromatic heterocycles. The van der Waals surface area contributed by atoms with Gasteiger partial charge in [0.2, 0.25) is 5.91 Å². The van der Waals surface area contributed by atoms with Crippen molar-refractivity contribution in [2.75, 3.05) is 26.8 Å². The predicted molar refractivity (Wildman–Crippen MR) is 104 cm³/mol. The molecule has 1 aliphatic heterocycles. The summed E-state index contributed by atoms with van der Waals surface area (Å²) < 4.78 is 10.0. The van der Waals surface area contributed by atoms with Gasteiger partial charge in [-0.05, 0) is 37.5 Å². The molecule has 1 saturated heterocycles. The number of esters is 1. The number of carbonyl (C=O) groups is 3. The van der Waals surface area contributed by atoms with E-state index in [9.17, 15) is 14.4 Å². The third-order valence-electron chi connectivity index (χ3n) is 4.57. The number of piperidine rings is 1. The molecule has 1 aromatic carbocycles. The second-order valence-corrected chi connectivity index (χ2v) is 6.57. The van der Waals surface area contributed by atoms with Crippen LogP contribution < -0.4 is 11.2 Å². The lowest BCUT2D eigenvalue weighted by atomic mass is 10.1. The number of carbonyl (C=O) groups excluding carboxylic acids is 3. The summed E-state index contributed by atoms with van der Waals surface area (Å²) in [5.41, 5.74) is 1.14. The lowest BCUT2D eigenvalue weighted by Crippen LogP contribution is -2.50. The summed E-state index contributed by atoms with van der Waals surface area (Å²) in [5, 5.41) is 6.15. The summed E-state index contributed by atoms with van der Waals surface area (Å²) in [5.74, 6) is 3.89.